The summed E-state index contributed by atoms with van der Waals surface area (Å²) in [5.74, 6) is -5.68. The van der Waals surface area contributed by atoms with E-state index in [1.54, 1.807) is 0 Å². The van der Waals surface area contributed by atoms with E-state index in [1.807, 2.05) is 0 Å². The third-order valence-corrected chi connectivity index (χ3v) is 6.57. The Morgan fingerprint density at radius 2 is 2.13 bits per heavy atom. The van der Waals surface area contributed by atoms with E-state index in [4.69, 9.17) is 9.29 Å². The SMILES string of the molecule is O=C(OC(CS(=O)(=O)O)C(F)(F)F)C1C2CC3OC(=O)C1C3S2. The number of thioether (sulfide) groups is 1. The molecule has 0 amide bonds. The summed E-state index contributed by atoms with van der Waals surface area (Å²) >= 11 is 1.30. The van der Waals surface area contributed by atoms with Gasteiger partial charge in [-0.15, -0.1) is 11.8 Å². The molecule has 3 rings (SSSR count). The summed E-state index contributed by atoms with van der Waals surface area (Å²) in [5.41, 5.74) is 0. The lowest BCUT2D eigenvalue weighted by Gasteiger charge is -2.25. The summed E-state index contributed by atoms with van der Waals surface area (Å²) in [7, 11) is -5.00. The fourth-order valence-electron chi connectivity index (χ4n) is 3.22. The Kier molecular flexibility index (Phi) is 3.84. The van der Waals surface area contributed by atoms with Gasteiger partial charge in [-0.1, -0.05) is 0 Å². The molecule has 3 aliphatic heterocycles. The lowest BCUT2D eigenvalue weighted by atomic mass is 9.80. The predicted molar refractivity (Wildman–Crippen MR) is 69.0 cm³/mol. The molecule has 3 heterocycles. The van der Waals surface area contributed by atoms with Crippen LogP contribution < -0.4 is 0 Å². The van der Waals surface area contributed by atoms with Gasteiger partial charge in [0.1, 0.15) is 11.9 Å². The minimum Gasteiger partial charge on any atom is -0.461 e. The van der Waals surface area contributed by atoms with Gasteiger partial charge in [-0.05, 0) is 6.42 Å². The summed E-state index contributed by atoms with van der Waals surface area (Å²) in [5, 5.41) is -0.676. The van der Waals surface area contributed by atoms with Crippen molar-refractivity contribution in [3.8, 4) is 0 Å². The van der Waals surface area contributed by atoms with Crippen LogP contribution in [0.4, 0.5) is 13.2 Å². The van der Waals surface area contributed by atoms with Gasteiger partial charge in [0.15, 0.2) is 0 Å². The number of carbonyl (C=O) groups excluding carboxylic acids is 2. The van der Waals surface area contributed by atoms with Crippen molar-refractivity contribution in [3.05, 3.63) is 0 Å². The smallest absolute Gasteiger partial charge is 0.426 e. The molecule has 0 spiro atoms. The molecular formula is C11H11F3O7S2. The zero-order valence-electron chi connectivity index (χ0n) is 11.2. The minimum atomic E-state index is -5.16. The number of fused-ring (bicyclic) bond motifs is 1. The van der Waals surface area contributed by atoms with E-state index in [0.29, 0.717) is 6.42 Å². The van der Waals surface area contributed by atoms with E-state index < -0.39 is 57.2 Å². The molecule has 3 aliphatic rings. The molecule has 0 aromatic rings. The van der Waals surface area contributed by atoms with Crippen molar-refractivity contribution >= 4 is 33.8 Å². The topological polar surface area (TPSA) is 107 Å². The number of alkyl halides is 3. The Balaban J connectivity index is 1.76. The quantitative estimate of drug-likeness (QED) is 0.555. The zero-order chi connectivity index (χ0) is 17.2. The number of hydrogen-bond donors (Lipinski definition) is 1. The fourth-order valence-corrected chi connectivity index (χ4v) is 5.80. The number of hydrogen-bond acceptors (Lipinski definition) is 7. The van der Waals surface area contributed by atoms with Crippen LogP contribution in [0.5, 0.6) is 0 Å². The summed E-state index contributed by atoms with van der Waals surface area (Å²) in [6.07, 6.45) is -8.12. The second-order valence-electron chi connectivity index (χ2n) is 5.62. The maximum absolute atomic E-state index is 12.8. The van der Waals surface area contributed by atoms with Crippen molar-refractivity contribution in [2.75, 3.05) is 5.75 Å². The van der Waals surface area contributed by atoms with E-state index in [0.717, 1.165) is 0 Å². The van der Waals surface area contributed by atoms with E-state index in [-0.39, 0.29) is 11.4 Å². The second kappa shape index (κ2) is 5.24. The molecule has 0 aromatic carbocycles. The van der Waals surface area contributed by atoms with Crippen LogP contribution in [-0.2, 0) is 29.2 Å². The Morgan fingerprint density at radius 3 is 2.70 bits per heavy atom. The van der Waals surface area contributed by atoms with Gasteiger partial charge in [0.05, 0.1) is 17.1 Å². The number of ether oxygens (including phenoxy) is 2. The molecular weight excluding hydrogens is 365 g/mol. The highest BCUT2D eigenvalue weighted by Crippen LogP contribution is 2.58. The summed E-state index contributed by atoms with van der Waals surface area (Å²) in [6, 6.07) is 0. The van der Waals surface area contributed by atoms with Gasteiger partial charge in [0.25, 0.3) is 10.1 Å². The lowest BCUT2D eigenvalue weighted by molar-refractivity contribution is -0.218. The van der Waals surface area contributed by atoms with Gasteiger partial charge in [0, 0.05) is 5.25 Å². The van der Waals surface area contributed by atoms with E-state index in [1.165, 1.54) is 11.8 Å². The van der Waals surface area contributed by atoms with Crippen LogP contribution in [-0.4, -0.2) is 59.5 Å². The average Bonchev–Trinajstić information content (AvgIpc) is 2.95. The van der Waals surface area contributed by atoms with E-state index >= 15 is 0 Å². The van der Waals surface area contributed by atoms with E-state index in [9.17, 15) is 31.2 Å². The van der Waals surface area contributed by atoms with Crippen LogP contribution in [0.15, 0.2) is 0 Å². The first-order valence-electron chi connectivity index (χ1n) is 6.55. The number of halogens is 3. The van der Waals surface area contributed by atoms with Gasteiger partial charge in [-0.25, -0.2) is 0 Å². The fraction of sp³-hybridized carbons (Fsp3) is 0.818. The third-order valence-electron chi connectivity index (χ3n) is 4.10. The first kappa shape index (κ1) is 16.8. The van der Waals surface area contributed by atoms with Crippen LogP contribution >= 0.6 is 11.8 Å². The van der Waals surface area contributed by atoms with Crippen molar-refractivity contribution in [1.29, 1.82) is 0 Å². The molecule has 1 N–H and O–H groups in total. The highest BCUT2D eigenvalue weighted by molar-refractivity contribution is 8.01. The normalized spacial score (nSPS) is 36.9. The second-order valence-corrected chi connectivity index (χ2v) is 8.54. The lowest BCUT2D eigenvalue weighted by Crippen LogP contribution is -2.44. The Morgan fingerprint density at radius 1 is 1.48 bits per heavy atom. The predicted octanol–water partition coefficient (Wildman–Crippen LogP) is 0.394. The maximum Gasteiger partial charge on any atom is 0.426 e. The van der Waals surface area contributed by atoms with Crippen LogP contribution in [0.3, 0.4) is 0 Å². The standard InChI is InChI=1S/C11H11F3O7S2/c12-11(13,14)5(2-23(17,18)19)21-9(15)6-4-1-3-8(22-4)7(6)10(16)20-3/h3-8H,1-2H2,(H,17,18,19). The molecule has 0 aliphatic carbocycles. The molecule has 7 nitrogen and oxygen atoms in total. The molecule has 130 valence electrons. The monoisotopic (exact) mass is 376 g/mol. The van der Waals surface area contributed by atoms with Crippen LogP contribution in [0.2, 0.25) is 0 Å². The molecule has 2 bridgehead atoms. The van der Waals surface area contributed by atoms with Gasteiger partial charge in [0.2, 0.25) is 6.10 Å². The molecule has 3 fully saturated rings. The number of esters is 2. The number of carbonyl (C=O) groups is 2. The molecule has 12 heteroatoms. The highest BCUT2D eigenvalue weighted by Gasteiger charge is 2.66. The first-order valence-corrected chi connectivity index (χ1v) is 9.11. The van der Waals surface area contributed by atoms with Gasteiger partial charge in [-0.2, -0.15) is 21.6 Å². The van der Waals surface area contributed by atoms with Gasteiger partial charge < -0.3 is 9.47 Å². The molecule has 0 saturated carbocycles. The summed E-state index contributed by atoms with van der Waals surface area (Å²) in [6.45, 7) is 0. The molecule has 6 unspecified atom stereocenters. The highest BCUT2D eigenvalue weighted by atomic mass is 32.2. The molecule has 0 aromatic heterocycles. The van der Waals surface area contributed by atoms with Crippen molar-refractivity contribution in [1.82, 2.24) is 0 Å². The van der Waals surface area contributed by atoms with Crippen LogP contribution in [0.25, 0.3) is 0 Å². The van der Waals surface area contributed by atoms with E-state index in [2.05, 4.69) is 4.74 Å². The van der Waals surface area contributed by atoms with Crippen molar-refractivity contribution < 1.29 is 45.2 Å². The van der Waals surface area contributed by atoms with Gasteiger partial charge >= 0.3 is 18.1 Å². The number of rotatable bonds is 4. The zero-order valence-corrected chi connectivity index (χ0v) is 12.9. The summed E-state index contributed by atoms with van der Waals surface area (Å²) < 4.78 is 77.7. The minimum absolute atomic E-state index is 0.282. The summed E-state index contributed by atoms with van der Waals surface area (Å²) in [4.78, 5) is 23.8. The molecule has 0 radical (unpaired) electrons. The van der Waals surface area contributed by atoms with Crippen molar-refractivity contribution in [2.24, 2.45) is 11.8 Å². The van der Waals surface area contributed by atoms with Crippen LogP contribution in [0, 0.1) is 11.8 Å². The largest absolute Gasteiger partial charge is 0.461 e. The maximum atomic E-state index is 12.8. The Labute approximate surface area is 132 Å². The first-order chi connectivity index (χ1) is 10.5. The molecule has 23 heavy (non-hydrogen) atoms. The molecule has 3 saturated heterocycles. The molecule has 6 atom stereocenters. The third kappa shape index (κ3) is 3.03. The van der Waals surface area contributed by atoms with Crippen molar-refractivity contribution in [3.63, 3.8) is 0 Å². The van der Waals surface area contributed by atoms with Crippen LogP contribution in [0.1, 0.15) is 6.42 Å². The van der Waals surface area contributed by atoms with Crippen molar-refractivity contribution in [2.45, 2.75) is 35.3 Å². The van der Waals surface area contributed by atoms with Gasteiger partial charge in [-0.3, -0.25) is 14.1 Å². The average molecular weight is 376 g/mol. The Hall–Kier alpha value is -1.01. The Bertz CT molecular complexity index is 644.